The molecule has 0 bridgehead atoms. The van der Waals surface area contributed by atoms with Crippen LogP contribution in [0.15, 0.2) is 72.8 Å². The van der Waals surface area contributed by atoms with Crippen molar-refractivity contribution in [3.8, 4) is 0 Å². The van der Waals surface area contributed by atoms with Gasteiger partial charge in [0.25, 0.3) is 0 Å². The molecule has 1 heterocycles. The minimum Gasteiger partial charge on any atom is -0.350 e. The number of nitrogens with zero attached hydrogens (tertiary/aromatic N) is 1. The van der Waals surface area contributed by atoms with E-state index >= 15 is 0 Å². The zero-order valence-electron chi connectivity index (χ0n) is 19.5. The lowest BCUT2D eigenvalue weighted by molar-refractivity contribution is -0.137. The second kappa shape index (κ2) is 11.1. The molecule has 0 spiro atoms. The average Bonchev–Trinajstić information content (AvgIpc) is 3.31. The summed E-state index contributed by atoms with van der Waals surface area (Å²) >= 11 is 0. The summed E-state index contributed by atoms with van der Waals surface area (Å²) in [4.78, 5) is 39.9. The first kappa shape index (κ1) is 24.4. The lowest BCUT2D eigenvalue weighted by atomic mass is 10.0. The molecule has 1 fully saturated rings. The number of fused-ring (bicyclic) bond motifs is 1. The van der Waals surface area contributed by atoms with Crippen LogP contribution in [-0.2, 0) is 20.8 Å². The third kappa shape index (κ3) is 6.03. The maximum atomic E-state index is 13.3. The molecule has 8 nitrogen and oxygen atoms in total. The molecule has 0 saturated carbocycles. The molecule has 3 atom stereocenters. The summed E-state index contributed by atoms with van der Waals surface area (Å²) < 4.78 is 0. The van der Waals surface area contributed by atoms with E-state index in [1.165, 1.54) is 4.90 Å². The number of hydrogen-bond donors (Lipinski definition) is 4. The molecule has 1 aliphatic heterocycles. The number of anilines is 1. The van der Waals surface area contributed by atoms with Crippen LogP contribution in [-0.4, -0.2) is 53.8 Å². The number of nitrogens with one attached hydrogen (secondary N) is 2. The Hall–Kier alpha value is -3.75. The monoisotopic (exact) mass is 473 g/mol. The van der Waals surface area contributed by atoms with Crippen LogP contribution in [0.1, 0.15) is 18.4 Å². The van der Waals surface area contributed by atoms with Crippen LogP contribution < -0.4 is 22.1 Å². The fourth-order valence-electron chi connectivity index (χ4n) is 4.52. The largest absolute Gasteiger partial charge is 0.350 e. The van der Waals surface area contributed by atoms with Crippen molar-refractivity contribution in [2.75, 3.05) is 18.4 Å². The third-order valence-electron chi connectivity index (χ3n) is 6.36. The number of amides is 3. The first-order valence-corrected chi connectivity index (χ1v) is 11.8. The summed E-state index contributed by atoms with van der Waals surface area (Å²) in [6, 6.07) is 21.5. The summed E-state index contributed by atoms with van der Waals surface area (Å²) in [5, 5.41) is 7.81. The Morgan fingerprint density at radius 2 is 1.69 bits per heavy atom. The van der Waals surface area contributed by atoms with Crippen molar-refractivity contribution in [3.63, 3.8) is 0 Å². The van der Waals surface area contributed by atoms with Crippen LogP contribution >= 0.6 is 0 Å². The van der Waals surface area contributed by atoms with E-state index in [1.807, 2.05) is 72.8 Å². The summed E-state index contributed by atoms with van der Waals surface area (Å²) in [6.07, 6.45) is 1.41. The minimum atomic E-state index is -0.755. The zero-order chi connectivity index (χ0) is 24.8. The molecule has 1 saturated heterocycles. The Morgan fingerprint density at radius 3 is 2.43 bits per heavy atom. The Balaban J connectivity index is 1.47. The van der Waals surface area contributed by atoms with E-state index in [1.54, 1.807) is 0 Å². The van der Waals surface area contributed by atoms with Gasteiger partial charge in [-0.05, 0) is 47.7 Å². The Morgan fingerprint density at radius 1 is 0.971 bits per heavy atom. The first-order chi connectivity index (χ1) is 16.9. The van der Waals surface area contributed by atoms with E-state index in [4.69, 9.17) is 11.5 Å². The SMILES string of the molecule is NCC(=O)N[C@H]1C[C@@H](C(=O)Nc2ccc3ccccc3c2)N(C(=O)[C@@H](N)CCc2ccccc2)C1. The number of hydrogen-bond acceptors (Lipinski definition) is 5. The molecule has 3 aromatic rings. The second-order valence-corrected chi connectivity index (χ2v) is 8.89. The topological polar surface area (TPSA) is 131 Å². The van der Waals surface area contributed by atoms with E-state index in [0.717, 1.165) is 16.3 Å². The van der Waals surface area contributed by atoms with Crippen molar-refractivity contribution in [1.29, 1.82) is 0 Å². The molecule has 8 heteroatoms. The van der Waals surface area contributed by atoms with Crippen molar-refractivity contribution < 1.29 is 14.4 Å². The van der Waals surface area contributed by atoms with Crippen molar-refractivity contribution in [2.24, 2.45) is 11.5 Å². The maximum Gasteiger partial charge on any atom is 0.247 e. The molecular weight excluding hydrogens is 442 g/mol. The van der Waals surface area contributed by atoms with Crippen LogP contribution in [0, 0.1) is 0 Å². The van der Waals surface area contributed by atoms with Crippen molar-refractivity contribution in [3.05, 3.63) is 78.4 Å². The number of carbonyl (C=O) groups excluding carboxylic acids is 3. The number of carbonyl (C=O) groups is 3. The lowest BCUT2D eigenvalue weighted by Crippen LogP contribution is -2.50. The van der Waals surface area contributed by atoms with Gasteiger partial charge >= 0.3 is 0 Å². The van der Waals surface area contributed by atoms with E-state index in [2.05, 4.69) is 10.6 Å². The molecule has 4 rings (SSSR count). The van der Waals surface area contributed by atoms with Crippen LogP contribution in [0.2, 0.25) is 0 Å². The molecule has 1 aliphatic rings. The number of nitrogens with two attached hydrogens (primary N) is 2. The fourth-order valence-corrected chi connectivity index (χ4v) is 4.52. The molecule has 35 heavy (non-hydrogen) atoms. The highest BCUT2D eigenvalue weighted by molar-refractivity contribution is 6.00. The molecule has 0 aromatic heterocycles. The van der Waals surface area contributed by atoms with Crippen molar-refractivity contribution in [1.82, 2.24) is 10.2 Å². The highest BCUT2D eigenvalue weighted by Gasteiger charge is 2.41. The molecular formula is C27H31N5O3. The van der Waals surface area contributed by atoms with E-state index in [-0.39, 0.29) is 36.9 Å². The summed E-state index contributed by atoms with van der Waals surface area (Å²) in [6.45, 7) is 0.0500. The number of aryl methyl sites for hydroxylation is 1. The average molecular weight is 474 g/mol. The van der Waals surface area contributed by atoms with Crippen LogP contribution in [0.5, 0.6) is 0 Å². The van der Waals surface area contributed by atoms with E-state index in [9.17, 15) is 14.4 Å². The highest BCUT2D eigenvalue weighted by atomic mass is 16.2. The predicted molar refractivity (Wildman–Crippen MR) is 136 cm³/mol. The smallest absolute Gasteiger partial charge is 0.247 e. The summed E-state index contributed by atoms with van der Waals surface area (Å²) in [7, 11) is 0. The van der Waals surface area contributed by atoms with E-state index in [0.29, 0.717) is 24.9 Å². The van der Waals surface area contributed by atoms with Gasteiger partial charge in [-0.2, -0.15) is 0 Å². The molecule has 3 aromatic carbocycles. The predicted octanol–water partition coefficient (Wildman–Crippen LogP) is 1.78. The van der Waals surface area contributed by atoms with Gasteiger partial charge < -0.3 is 27.0 Å². The van der Waals surface area contributed by atoms with Gasteiger partial charge in [-0.25, -0.2) is 0 Å². The molecule has 182 valence electrons. The Kier molecular flexibility index (Phi) is 7.74. The lowest BCUT2D eigenvalue weighted by Gasteiger charge is -2.26. The first-order valence-electron chi connectivity index (χ1n) is 11.8. The van der Waals surface area contributed by atoms with Crippen LogP contribution in [0.25, 0.3) is 10.8 Å². The van der Waals surface area contributed by atoms with Gasteiger partial charge in [-0.1, -0.05) is 60.7 Å². The number of likely N-dealkylation sites (tertiary alicyclic amines) is 1. The quantitative estimate of drug-likeness (QED) is 0.396. The summed E-state index contributed by atoms with van der Waals surface area (Å²) in [5.74, 6) is -0.941. The highest BCUT2D eigenvalue weighted by Crippen LogP contribution is 2.24. The molecule has 0 unspecified atom stereocenters. The third-order valence-corrected chi connectivity index (χ3v) is 6.36. The van der Waals surface area contributed by atoms with Gasteiger partial charge in [-0.15, -0.1) is 0 Å². The van der Waals surface area contributed by atoms with Gasteiger partial charge in [-0.3, -0.25) is 14.4 Å². The van der Waals surface area contributed by atoms with Crippen molar-refractivity contribution in [2.45, 2.75) is 37.4 Å². The zero-order valence-corrected chi connectivity index (χ0v) is 19.5. The Bertz CT molecular complexity index is 1200. The molecule has 6 N–H and O–H groups in total. The van der Waals surface area contributed by atoms with Gasteiger partial charge in [0, 0.05) is 18.3 Å². The van der Waals surface area contributed by atoms with Crippen molar-refractivity contribution >= 4 is 34.2 Å². The van der Waals surface area contributed by atoms with E-state index < -0.39 is 12.1 Å². The summed E-state index contributed by atoms with van der Waals surface area (Å²) in [5.41, 5.74) is 13.4. The standard InChI is InChI=1S/C27H31N5O3/c28-16-25(33)30-22-15-24(26(34)31-21-12-11-19-8-4-5-9-20(19)14-21)32(17-22)27(35)23(29)13-10-18-6-2-1-3-7-18/h1-9,11-12,14,22-24H,10,13,15-17,28-29H2,(H,30,33)(H,31,34)/t22-,23-,24-/m0/s1. The van der Waals surface area contributed by atoms with Gasteiger partial charge in [0.15, 0.2) is 0 Å². The maximum absolute atomic E-state index is 13.3. The Labute approximate surface area is 204 Å². The van der Waals surface area contributed by atoms with Crippen LogP contribution in [0.3, 0.4) is 0 Å². The minimum absolute atomic E-state index is 0.158. The number of benzene rings is 3. The number of rotatable bonds is 8. The fraction of sp³-hybridized carbons (Fsp3) is 0.296. The molecule has 3 amide bonds. The second-order valence-electron chi connectivity index (χ2n) is 8.89. The molecule has 0 radical (unpaired) electrons. The van der Waals surface area contributed by atoms with Gasteiger partial charge in [0.2, 0.25) is 17.7 Å². The van der Waals surface area contributed by atoms with Gasteiger partial charge in [0.05, 0.1) is 12.6 Å². The van der Waals surface area contributed by atoms with Crippen LogP contribution in [0.4, 0.5) is 5.69 Å². The normalized spacial score (nSPS) is 18.3. The molecule has 0 aliphatic carbocycles. The van der Waals surface area contributed by atoms with Gasteiger partial charge in [0.1, 0.15) is 6.04 Å².